The van der Waals surface area contributed by atoms with E-state index in [-0.39, 0.29) is 51.4 Å². The molecule has 0 nitrogen and oxygen atoms in total. The Labute approximate surface area is 72.6 Å². The molecule has 0 atom stereocenters. The van der Waals surface area contributed by atoms with Gasteiger partial charge in [-0.15, -0.1) is 0 Å². The third kappa shape index (κ3) is 9.13. The molecule has 2 heteroatoms. The number of hydrogen-bond donors (Lipinski definition) is 0. The van der Waals surface area contributed by atoms with E-state index in [0.29, 0.717) is 9.52 Å². The third-order valence-electron chi connectivity index (χ3n) is 0. The fourth-order valence-electron chi connectivity index (χ4n) is 0. The summed E-state index contributed by atoms with van der Waals surface area (Å²) in [7, 11) is 0.417. The first kappa shape index (κ1) is 9.29. The van der Waals surface area contributed by atoms with Crippen LogP contribution in [0.25, 0.3) is 0 Å². The van der Waals surface area contributed by atoms with Crippen molar-refractivity contribution < 1.29 is 0 Å². The molecule has 0 saturated heterocycles. The fraction of sp³-hybridized carbons (Fsp3) is 1.00. The molecule has 0 aromatic rings. The van der Waals surface area contributed by atoms with Gasteiger partial charge in [-0.1, -0.05) is 13.1 Å². The summed E-state index contributed by atoms with van der Waals surface area (Å²) < 4.78 is 0. The molecule has 0 fully saturated rings. The molecule has 0 aliphatic carbocycles. The molecule has 0 saturated carbocycles. The Hall–Kier alpha value is 1.85. The molecule has 0 spiro atoms. The quantitative estimate of drug-likeness (QED) is 0.364. The van der Waals surface area contributed by atoms with Gasteiger partial charge in [0, 0.05) is 9.52 Å². The van der Waals surface area contributed by atoms with Gasteiger partial charge in [0.1, 0.15) is 0 Å². The molecule has 0 bridgehead atoms. The van der Waals surface area contributed by atoms with Crippen LogP contribution >= 0.6 is 0 Å². The van der Waals surface area contributed by atoms with Gasteiger partial charge in [0.2, 0.25) is 0 Å². The van der Waals surface area contributed by atoms with Crippen LogP contribution in [0, 0.1) is 0 Å². The summed E-state index contributed by atoms with van der Waals surface area (Å²) in [5, 5.41) is 0. The maximum absolute atomic E-state index is 2.26. The van der Waals surface area contributed by atoms with Crippen LogP contribution in [0.1, 0.15) is 0 Å². The van der Waals surface area contributed by atoms with Crippen molar-refractivity contribution in [2.45, 2.75) is 13.1 Å². The number of rotatable bonds is 0. The van der Waals surface area contributed by atoms with Crippen LogP contribution in [-0.2, 0) is 0 Å². The van der Waals surface area contributed by atoms with Crippen LogP contribution in [-0.4, -0.2) is 60.9 Å². The van der Waals surface area contributed by atoms with Gasteiger partial charge in [-0.2, -0.15) is 0 Å². The molecule has 0 aromatic carbocycles. The van der Waals surface area contributed by atoms with Crippen molar-refractivity contribution in [1.29, 1.82) is 0 Å². The van der Waals surface area contributed by atoms with Gasteiger partial charge in [-0.05, 0) is 0 Å². The summed E-state index contributed by atoms with van der Waals surface area (Å²) in [5.41, 5.74) is 0. The average molecular weight is 100 g/mol. The fourth-order valence-corrected chi connectivity index (χ4v) is 0. The van der Waals surface area contributed by atoms with E-state index in [9.17, 15) is 0 Å². The molecule has 22 valence electrons. The van der Waals surface area contributed by atoms with E-state index in [1.807, 2.05) is 0 Å². The van der Waals surface area contributed by atoms with Gasteiger partial charge in [-0.3, -0.25) is 0 Å². The third-order valence-corrected chi connectivity index (χ3v) is 0. The SMILES string of the molecule is C[SiH2]C.[KH]. The van der Waals surface area contributed by atoms with E-state index in [0.717, 1.165) is 0 Å². The van der Waals surface area contributed by atoms with Crippen molar-refractivity contribution in [2.24, 2.45) is 0 Å². The van der Waals surface area contributed by atoms with Crippen LogP contribution in [0.5, 0.6) is 0 Å². The van der Waals surface area contributed by atoms with Gasteiger partial charge in [0.15, 0.2) is 0 Å². The Bertz CT molecular complexity index is 6.00. The monoisotopic (exact) mass is 100 g/mol. The Kier molecular flexibility index (Phi) is 20.5. The second-order valence-corrected chi connectivity index (χ2v) is 2.12. The Morgan fingerprint density at radius 1 is 1.25 bits per heavy atom. The van der Waals surface area contributed by atoms with E-state index in [4.69, 9.17) is 0 Å². The summed E-state index contributed by atoms with van der Waals surface area (Å²) in [5.74, 6) is 0. The maximum atomic E-state index is 2.26. The molecule has 0 aliphatic heterocycles. The molecule has 0 aromatic heterocycles. The van der Waals surface area contributed by atoms with Crippen LogP contribution in [0.2, 0.25) is 13.1 Å². The number of hydrogen-bond acceptors (Lipinski definition) is 0. The van der Waals surface area contributed by atoms with Crippen LogP contribution in [0.3, 0.4) is 0 Å². The molecule has 0 amide bonds. The van der Waals surface area contributed by atoms with E-state index in [2.05, 4.69) is 13.1 Å². The topological polar surface area (TPSA) is 0 Å². The molecule has 0 radical (unpaired) electrons. The van der Waals surface area contributed by atoms with Gasteiger partial charge in [0.05, 0.1) is 0 Å². The molecule has 0 heterocycles. The molecular formula is C2H9KSi. The van der Waals surface area contributed by atoms with Crippen LogP contribution in [0.4, 0.5) is 0 Å². The predicted molar refractivity (Wildman–Crippen MR) is 27.4 cm³/mol. The van der Waals surface area contributed by atoms with Crippen molar-refractivity contribution in [2.75, 3.05) is 0 Å². The second kappa shape index (κ2) is 8.85. The van der Waals surface area contributed by atoms with E-state index >= 15 is 0 Å². The summed E-state index contributed by atoms with van der Waals surface area (Å²) >= 11 is 0. The average Bonchev–Trinajstić information content (AvgIpc) is 0.918. The van der Waals surface area contributed by atoms with Gasteiger partial charge in [0.25, 0.3) is 0 Å². The first-order valence-electron chi connectivity index (χ1n) is 1.41. The first-order chi connectivity index (χ1) is 1.41. The molecule has 0 rings (SSSR count). The molecular weight excluding hydrogens is 91.2 g/mol. The Morgan fingerprint density at radius 3 is 1.25 bits per heavy atom. The molecule has 0 aliphatic rings. The first-order valence-corrected chi connectivity index (χ1v) is 4.24. The van der Waals surface area contributed by atoms with Gasteiger partial charge in [-0.25, -0.2) is 0 Å². The van der Waals surface area contributed by atoms with E-state index in [1.54, 1.807) is 0 Å². The van der Waals surface area contributed by atoms with Crippen molar-refractivity contribution in [1.82, 2.24) is 0 Å². The zero-order chi connectivity index (χ0) is 2.71. The summed E-state index contributed by atoms with van der Waals surface area (Å²) in [6.45, 7) is 4.53. The van der Waals surface area contributed by atoms with Crippen molar-refractivity contribution >= 4 is 60.9 Å². The van der Waals surface area contributed by atoms with Crippen molar-refractivity contribution in [3.05, 3.63) is 0 Å². The zero-order valence-corrected chi connectivity index (χ0v) is 4.12. The minimum absolute atomic E-state index is 0. The summed E-state index contributed by atoms with van der Waals surface area (Å²) in [6.07, 6.45) is 0. The van der Waals surface area contributed by atoms with E-state index < -0.39 is 0 Å². The van der Waals surface area contributed by atoms with E-state index in [1.165, 1.54) is 0 Å². The summed E-state index contributed by atoms with van der Waals surface area (Å²) in [4.78, 5) is 0. The standard InChI is InChI=1S/C2H8Si.K.H/c1-3-2;;/h3H2,1-2H3;;. The Morgan fingerprint density at radius 2 is 1.25 bits per heavy atom. The molecule has 0 unspecified atom stereocenters. The normalized spacial score (nSPS) is 4.50. The predicted octanol–water partition coefficient (Wildman–Crippen LogP) is -0.397. The minimum atomic E-state index is 0. The van der Waals surface area contributed by atoms with Crippen LogP contribution in [0.15, 0.2) is 0 Å². The van der Waals surface area contributed by atoms with Crippen molar-refractivity contribution in [3.8, 4) is 0 Å². The molecule has 4 heavy (non-hydrogen) atoms. The zero-order valence-electron chi connectivity index (χ0n) is 2.71. The van der Waals surface area contributed by atoms with Gasteiger partial charge < -0.3 is 0 Å². The molecule has 0 N–H and O–H groups in total. The Balaban J connectivity index is 0. The second-order valence-electron chi connectivity index (χ2n) is 0.707. The summed E-state index contributed by atoms with van der Waals surface area (Å²) in [6, 6.07) is 0. The van der Waals surface area contributed by atoms with Gasteiger partial charge >= 0.3 is 51.4 Å². The van der Waals surface area contributed by atoms with Crippen LogP contribution < -0.4 is 0 Å². The van der Waals surface area contributed by atoms with Crippen molar-refractivity contribution in [3.63, 3.8) is 0 Å².